The molecule has 2 rings (SSSR count). The molecular formula is C12H22N2O3. The van der Waals surface area contributed by atoms with Gasteiger partial charge in [0.2, 0.25) is 0 Å². The van der Waals surface area contributed by atoms with E-state index in [0.29, 0.717) is 6.42 Å². The smallest absolute Gasteiger partial charge is 0.410 e. The number of nitrogens with zero attached hydrogens (tertiary/aromatic N) is 1. The average molecular weight is 242 g/mol. The minimum atomic E-state index is -0.456. The highest BCUT2D eigenvalue weighted by atomic mass is 16.6. The van der Waals surface area contributed by atoms with Gasteiger partial charge in [-0.2, -0.15) is 0 Å². The van der Waals surface area contributed by atoms with Crippen LogP contribution < -0.4 is 5.32 Å². The molecule has 0 radical (unpaired) electrons. The van der Waals surface area contributed by atoms with Crippen molar-refractivity contribution >= 4 is 6.09 Å². The Hall–Kier alpha value is -0.810. The molecule has 1 amide bonds. The molecule has 0 aromatic rings. The standard InChI is InChI=1S/C12H22N2O3/c1-12(2,3)14(8-4-5-13-7-8)11(16)17-10-6-9(10)15/h8-10,13,15H,4-7H2,1-3H3. The number of hydrogen-bond donors (Lipinski definition) is 2. The van der Waals surface area contributed by atoms with E-state index in [0.717, 1.165) is 19.5 Å². The van der Waals surface area contributed by atoms with Crippen molar-refractivity contribution in [2.24, 2.45) is 0 Å². The van der Waals surface area contributed by atoms with E-state index in [1.807, 2.05) is 20.8 Å². The molecule has 2 N–H and O–H groups in total. The molecule has 0 aromatic heterocycles. The second-order valence-corrected chi connectivity index (χ2v) is 5.91. The van der Waals surface area contributed by atoms with E-state index in [1.54, 1.807) is 4.90 Å². The highest BCUT2D eigenvalue weighted by Gasteiger charge is 2.43. The number of nitrogens with one attached hydrogen (secondary N) is 1. The fourth-order valence-corrected chi connectivity index (χ4v) is 2.30. The lowest BCUT2D eigenvalue weighted by Gasteiger charge is -2.39. The van der Waals surface area contributed by atoms with Crippen molar-refractivity contribution in [3.8, 4) is 0 Å². The summed E-state index contributed by atoms with van der Waals surface area (Å²) in [6.07, 6.45) is 0.489. The van der Waals surface area contributed by atoms with Gasteiger partial charge in [-0.15, -0.1) is 0 Å². The van der Waals surface area contributed by atoms with Gasteiger partial charge < -0.3 is 15.2 Å². The van der Waals surface area contributed by atoms with Gasteiger partial charge in [0.15, 0.2) is 0 Å². The van der Waals surface area contributed by atoms with E-state index in [9.17, 15) is 9.90 Å². The lowest BCUT2D eigenvalue weighted by molar-refractivity contribution is 0.0347. The Morgan fingerprint density at radius 2 is 2.12 bits per heavy atom. The van der Waals surface area contributed by atoms with Crippen molar-refractivity contribution in [1.82, 2.24) is 10.2 Å². The van der Waals surface area contributed by atoms with Crippen LogP contribution in [0.5, 0.6) is 0 Å². The van der Waals surface area contributed by atoms with Gasteiger partial charge in [0.05, 0.1) is 6.10 Å². The first kappa shape index (κ1) is 12.6. The van der Waals surface area contributed by atoms with Crippen molar-refractivity contribution < 1.29 is 14.6 Å². The third kappa shape index (κ3) is 2.90. The topological polar surface area (TPSA) is 61.8 Å². The Morgan fingerprint density at radius 3 is 2.53 bits per heavy atom. The summed E-state index contributed by atoms with van der Waals surface area (Å²) in [5, 5.41) is 12.5. The molecule has 98 valence electrons. The first-order valence-electron chi connectivity index (χ1n) is 6.28. The van der Waals surface area contributed by atoms with Crippen LogP contribution in [0.3, 0.4) is 0 Å². The van der Waals surface area contributed by atoms with Gasteiger partial charge in [-0.25, -0.2) is 4.79 Å². The highest BCUT2D eigenvalue weighted by molar-refractivity contribution is 5.69. The summed E-state index contributed by atoms with van der Waals surface area (Å²) in [5.74, 6) is 0. The van der Waals surface area contributed by atoms with Gasteiger partial charge in [-0.05, 0) is 33.7 Å². The Morgan fingerprint density at radius 1 is 1.47 bits per heavy atom. The predicted octanol–water partition coefficient (Wildman–Crippen LogP) is 0.719. The molecular weight excluding hydrogens is 220 g/mol. The van der Waals surface area contributed by atoms with Gasteiger partial charge in [-0.1, -0.05) is 0 Å². The van der Waals surface area contributed by atoms with Crippen LogP contribution in [0.15, 0.2) is 0 Å². The molecule has 2 aliphatic rings. The zero-order valence-corrected chi connectivity index (χ0v) is 10.8. The molecule has 3 unspecified atom stereocenters. The summed E-state index contributed by atoms with van der Waals surface area (Å²) in [7, 11) is 0. The fourth-order valence-electron chi connectivity index (χ4n) is 2.30. The van der Waals surface area contributed by atoms with E-state index < -0.39 is 6.10 Å². The van der Waals surface area contributed by atoms with Crippen LogP contribution in [0.1, 0.15) is 33.6 Å². The van der Waals surface area contributed by atoms with Gasteiger partial charge in [0.25, 0.3) is 0 Å². The number of hydrogen-bond acceptors (Lipinski definition) is 4. The summed E-state index contributed by atoms with van der Waals surface area (Å²) in [5.41, 5.74) is -0.256. The molecule has 1 aliphatic carbocycles. The van der Waals surface area contributed by atoms with E-state index in [4.69, 9.17) is 4.74 Å². The average Bonchev–Trinajstić information content (AvgIpc) is 2.68. The number of carbonyl (C=O) groups excluding carboxylic acids is 1. The molecule has 3 atom stereocenters. The molecule has 1 saturated carbocycles. The minimum absolute atomic E-state index is 0.193. The first-order chi connectivity index (χ1) is 7.89. The molecule has 1 saturated heterocycles. The second kappa shape index (κ2) is 4.46. The normalized spacial score (nSPS) is 32.4. The molecule has 0 spiro atoms. The van der Waals surface area contributed by atoms with Gasteiger partial charge in [0, 0.05) is 24.5 Å². The van der Waals surface area contributed by atoms with Crippen molar-refractivity contribution in [3.05, 3.63) is 0 Å². The van der Waals surface area contributed by atoms with E-state index in [1.165, 1.54) is 0 Å². The molecule has 0 bridgehead atoms. The van der Waals surface area contributed by atoms with Crippen LogP contribution in [-0.4, -0.2) is 53.0 Å². The third-order valence-corrected chi connectivity index (χ3v) is 3.27. The molecule has 17 heavy (non-hydrogen) atoms. The van der Waals surface area contributed by atoms with Crippen molar-refractivity contribution in [2.45, 2.75) is 57.4 Å². The van der Waals surface area contributed by atoms with Crippen molar-refractivity contribution in [3.63, 3.8) is 0 Å². The van der Waals surface area contributed by atoms with Crippen LogP contribution in [0, 0.1) is 0 Å². The second-order valence-electron chi connectivity index (χ2n) is 5.91. The number of ether oxygens (including phenoxy) is 1. The largest absolute Gasteiger partial charge is 0.443 e. The Labute approximate surface area is 102 Å². The molecule has 0 aromatic carbocycles. The molecule has 1 heterocycles. The molecule has 1 aliphatic heterocycles. The zero-order valence-electron chi connectivity index (χ0n) is 10.8. The number of carbonyl (C=O) groups is 1. The van der Waals surface area contributed by atoms with Crippen LogP contribution in [-0.2, 0) is 4.74 Å². The minimum Gasteiger partial charge on any atom is -0.443 e. The van der Waals surface area contributed by atoms with Gasteiger partial charge in [0.1, 0.15) is 6.10 Å². The Balaban J connectivity index is 2.01. The third-order valence-electron chi connectivity index (χ3n) is 3.27. The maximum absolute atomic E-state index is 12.1. The number of amides is 1. The van der Waals surface area contributed by atoms with E-state index in [-0.39, 0.29) is 23.8 Å². The Kier molecular flexibility index (Phi) is 3.32. The first-order valence-corrected chi connectivity index (χ1v) is 6.28. The molecule has 5 heteroatoms. The lowest BCUT2D eigenvalue weighted by atomic mass is 10.0. The summed E-state index contributed by atoms with van der Waals surface area (Å²) < 4.78 is 5.28. The lowest BCUT2D eigenvalue weighted by Crippen LogP contribution is -2.52. The quantitative estimate of drug-likeness (QED) is 0.749. The highest BCUT2D eigenvalue weighted by Crippen LogP contribution is 2.28. The maximum Gasteiger partial charge on any atom is 0.410 e. The number of aliphatic hydroxyl groups is 1. The molecule has 5 nitrogen and oxygen atoms in total. The van der Waals surface area contributed by atoms with Crippen molar-refractivity contribution in [1.29, 1.82) is 0 Å². The van der Waals surface area contributed by atoms with Crippen LogP contribution in [0.2, 0.25) is 0 Å². The summed E-state index contributed by atoms with van der Waals surface area (Å²) in [6.45, 7) is 7.79. The zero-order chi connectivity index (χ0) is 12.6. The monoisotopic (exact) mass is 242 g/mol. The summed E-state index contributed by atoms with van der Waals surface area (Å²) in [6, 6.07) is 0.193. The predicted molar refractivity (Wildman–Crippen MR) is 63.8 cm³/mol. The van der Waals surface area contributed by atoms with Crippen LogP contribution in [0.4, 0.5) is 4.79 Å². The van der Waals surface area contributed by atoms with E-state index >= 15 is 0 Å². The van der Waals surface area contributed by atoms with Crippen LogP contribution in [0.25, 0.3) is 0 Å². The fraction of sp³-hybridized carbons (Fsp3) is 0.917. The van der Waals surface area contributed by atoms with Crippen LogP contribution >= 0.6 is 0 Å². The van der Waals surface area contributed by atoms with Gasteiger partial charge >= 0.3 is 6.09 Å². The van der Waals surface area contributed by atoms with E-state index in [2.05, 4.69) is 5.32 Å². The number of aliphatic hydroxyl groups excluding tert-OH is 1. The SMILES string of the molecule is CC(C)(C)N(C(=O)OC1CC1O)C1CCNC1. The number of rotatable bonds is 2. The van der Waals surface area contributed by atoms with Gasteiger partial charge in [-0.3, -0.25) is 4.90 Å². The Bertz CT molecular complexity index is 295. The maximum atomic E-state index is 12.1. The summed E-state index contributed by atoms with van der Waals surface area (Å²) >= 11 is 0. The molecule has 2 fully saturated rings. The van der Waals surface area contributed by atoms with Crippen molar-refractivity contribution in [2.75, 3.05) is 13.1 Å². The summed E-state index contributed by atoms with van der Waals surface area (Å²) in [4.78, 5) is 13.9.